The molecule has 1 rings (SSSR count). The summed E-state index contributed by atoms with van der Waals surface area (Å²) < 4.78 is 0. The lowest BCUT2D eigenvalue weighted by atomic mass is 9.99. The first-order valence-corrected chi connectivity index (χ1v) is 5.60. The van der Waals surface area contributed by atoms with Crippen LogP contribution in [0.4, 0.5) is 0 Å². The van der Waals surface area contributed by atoms with E-state index in [0.717, 1.165) is 6.42 Å². The van der Waals surface area contributed by atoms with Crippen LogP contribution in [0.5, 0.6) is 0 Å². The fourth-order valence-corrected chi connectivity index (χ4v) is 2.44. The van der Waals surface area contributed by atoms with Crippen molar-refractivity contribution < 1.29 is 0 Å². The fraction of sp³-hybridized carbons (Fsp3) is 0.600. The Balaban J connectivity index is 2.58. The quantitative estimate of drug-likeness (QED) is 0.646. The Bertz CT molecular complexity index is 240. The van der Waals surface area contributed by atoms with Gasteiger partial charge in [0.15, 0.2) is 0 Å². The van der Waals surface area contributed by atoms with E-state index in [1.165, 1.54) is 10.4 Å². The first-order valence-electron chi connectivity index (χ1n) is 4.28. The van der Waals surface area contributed by atoms with E-state index < -0.39 is 0 Å². The predicted octanol–water partition coefficient (Wildman–Crippen LogP) is 4.18. The van der Waals surface area contributed by atoms with Gasteiger partial charge in [-0.2, -0.15) is 0 Å². The maximum absolute atomic E-state index is 5.93. The fourth-order valence-electron chi connectivity index (χ4n) is 1.35. The maximum Gasteiger partial charge on any atom is 0.0313 e. The first-order chi connectivity index (χ1) is 5.59. The van der Waals surface area contributed by atoms with E-state index in [1.807, 2.05) is 11.3 Å². The summed E-state index contributed by atoms with van der Waals surface area (Å²) in [6.45, 7) is 6.43. The molecule has 0 nitrogen and oxygen atoms in total. The molecule has 0 radical (unpaired) electrons. The Kier molecular flexibility index (Phi) is 3.60. The van der Waals surface area contributed by atoms with Crippen LogP contribution in [0.1, 0.15) is 36.6 Å². The molecule has 2 unspecified atom stereocenters. The van der Waals surface area contributed by atoms with E-state index in [1.54, 1.807) is 0 Å². The number of hydrogen-bond acceptors (Lipinski definition) is 1. The second-order valence-electron chi connectivity index (χ2n) is 3.41. The van der Waals surface area contributed by atoms with Crippen molar-refractivity contribution in [2.75, 3.05) is 0 Å². The minimum Gasteiger partial charge on any atom is -0.149 e. The summed E-state index contributed by atoms with van der Waals surface area (Å²) in [7, 11) is 0. The standard InChI is InChI=1S/C10H15ClS/c1-7(4-8(2)11)10-5-9(3)12-6-10/h5-8H,4H2,1-3H3. The molecule has 0 amide bonds. The number of aryl methyl sites for hydroxylation is 1. The van der Waals surface area contributed by atoms with Gasteiger partial charge in [0.1, 0.15) is 0 Å². The summed E-state index contributed by atoms with van der Waals surface area (Å²) in [6.07, 6.45) is 1.07. The Hall–Kier alpha value is -0.0100. The number of halogens is 1. The molecule has 68 valence electrons. The first kappa shape index (κ1) is 10.1. The van der Waals surface area contributed by atoms with Gasteiger partial charge in [0, 0.05) is 10.3 Å². The molecular formula is C10H15ClS. The molecule has 0 saturated heterocycles. The molecule has 0 aliphatic carbocycles. The second-order valence-corrected chi connectivity index (χ2v) is 5.27. The number of alkyl halides is 1. The van der Waals surface area contributed by atoms with Gasteiger partial charge in [0.2, 0.25) is 0 Å². The topological polar surface area (TPSA) is 0 Å². The molecule has 2 atom stereocenters. The van der Waals surface area contributed by atoms with Crippen LogP contribution in [0.15, 0.2) is 11.4 Å². The summed E-state index contributed by atoms with van der Waals surface area (Å²) in [5.41, 5.74) is 1.44. The van der Waals surface area contributed by atoms with Gasteiger partial charge in [-0.25, -0.2) is 0 Å². The van der Waals surface area contributed by atoms with Gasteiger partial charge in [-0.05, 0) is 43.2 Å². The molecule has 0 bridgehead atoms. The van der Waals surface area contributed by atoms with E-state index >= 15 is 0 Å². The SMILES string of the molecule is Cc1cc(C(C)CC(C)Cl)cs1. The normalized spacial score (nSPS) is 16.0. The van der Waals surface area contributed by atoms with Crippen molar-refractivity contribution in [1.82, 2.24) is 0 Å². The summed E-state index contributed by atoms with van der Waals surface area (Å²) >= 11 is 7.75. The Morgan fingerprint density at radius 1 is 1.50 bits per heavy atom. The van der Waals surface area contributed by atoms with Crippen LogP contribution >= 0.6 is 22.9 Å². The Labute approximate surface area is 83.6 Å². The number of thiophene rings is 1. The van der Waals surface area contributed by atoms with Crippen LogP contribution in [0.2, 0.25) is 0 Å². The molecule has 1 aromatic heterocycles. The van der Waals surface area contributed by atoms with Crippen LogP contribution < -0.4 is 0 Å². The van der Waals surface area contributed by atoms with Crippen LogP contribution in [0.25, 0.3) is 0 Å². The summed E-state index contributed by atoms with van der Waals surface area (Å²) in [5.74, 6) is 0.599. The second kappa shape index (κ2) is 4.29. The van der Waals surface area contributed by atoms with Crippen molar-refractivity contribution in [3.05, 3.63) is 21.9 Å². The van der Waals surface area contributed by atoms with Crippen LogP contribution in [-0.2, 0) is 0 Å². The predicted molar refractivity (Wildman–Crippen MR) is 57.4 cm³/mol. The molecule has 0 aliphatic heterocycles. The zero-order valence-electron chi connectivity index (χ0n) is 7.80. The number of hydrogen-bond donors (Lipinski definition) is 0. The average molecular weight is 203 g/mol. The average Bonchev–Trinajstić information content (AvgIpc) is 2.34. The zero-order valence-corrected chi connectivity index (χ0v) is 9.38. The zero-order chi connectivity index (χ0) is 9.14. The van der Waals surface area contributed by atoms with E-state index in [0.29, 0.717) is 5.92 Å². The Morgan fingerprint density at radius 3 is 2.58 bits per heavy atom. The van der Waals surface area contributed by atoms with Crippen molar-refractivity contribution >= 4 is 22.9 Å². The molecule has 0 spiro atoms. The van der Waals surface area contributed by atoms with E-state index in [2.05, 4.69) is 32.2 Å². The van der Waals surface area contributed by atoms with Gasteiger partial charge < -0.3 is 0 Å². The molecule has 2 heteroatoms. The van der Waals surface area contributed by atoms with Gasteiger partial charge in [-0.3, -0.25) is 0 Å². The third-order valence-corrected chi connectivity index (χ3v) is 3.06. The van der Waals surface area contributed by atoms with Crippen molar-refractivity contribution in [2.24, 2.45) is 0 Å². The van der Waals surface area contributed by atoms with Crippen LogP contribution in [0, 0.1) is 6.92 Å². The molecule has 0 N–H and O–H groups in total. The number of rotatable bonds is 3. The summed E-state index contributed by atoms with van der Waals surface area (Å²) in [5, 5.41) is 2.51. The maximum atomic E-state index is 5.93. The van der Waals surface area contributed by atoms with Gasteiger partial charge >= 0.3 is 0 Å². The lowest BCUT2D eigenvalue weighted by Gasteiger charge is -2.10. The monoisotopic (exact) mass is 202 g/mol. The summed E-state index contributed by atoms with van der Waals surface area (Å²) in [4.78, 5) is 1.39. The van der Waals surface area contributed by atoms with Crippen molar-refractivity contribution in [3.63, 3.8) is 0 Å². The molecular weight excluding hydrogens is 188 g/mol. The van der Waals surface area contributed by atoms with Crippen LogP contribution in [-0.4, -0.2) is 5.38 Å². The third-order valence-electron chi connectivity index (χ3n) is 2.00. The van der Waals surface area contributed by atoms with Gasteiger partial charge in [0.05, 0.1) is 0 Å². The molecule has 12 heavy (non-hydrogen) atoms. The van der Waals surface area contributed by atoms with E-state index in [-0.39, 0.29) is 5.38 Å². The minimum atomic E-state index is 0.278. The largest absolute Gasteiger partial charge is 0.149 e. The minimum absolute atomic E-state index is 0.278. The summed E-state index contributed by atoms with van der Waals surface area (Å²) in [6, 6.07) is 2.26. The molecule has 0 fully saturated rings. The van der Waals surface area contributed by atoms with E-state index in [9.17, 15) is 0 Å². The highest BCUT2D eigenvalue weighted by molar-refractivity contribution is 7.10. The van der Waals surface area contributed by atoms with Crippen molar-refractivity contribution in [1.29, 1.82) is 0 Å². The molecule has 1 heterocycles. The highest BCUT2D eigenvalue weighted by Gasteiger charge is 2.09. The van der Waals surface area contributed by atoms with Gasteiger partial charge in [0.25, 0.3) is 0 Å². The Morgan fingerprint density at radius 2 is 2.17 bits per heavy atom. The highest BCUT2D eigenvalue weighted by atomic mass is 35.5. The lowest BCUT2D eigenvalue weighted by Crippen LogP contribution is -1.99. The third kappa shape index (κ3) is 2.80. The van der Waals surface area contributed by atoms with Crippen molar-refractivity contribution in [2.45, 2.75) is 38.5 Å². The van der Waals surface area contributed by atoms with Gasteiger partial charge in [-0.1, -0.05) is 6.92 Å². The van der Waals surface area contributed by atoms with E-state index in [4.69, 9.17) is 11.6 Å². The molecule has 0 aliphatic rings. The molecule has 0 saturated carbocycles. The van der Waals surface area contributed by atoms with Gasteiger partial charge in [-0.15, -0.1) is 22.9 Å². The molecule has 0 aromatic carbocycles. The highest BCUT2D eigenvalue weighted by Crippen LogP contribution is 2.26. The van der Waals surface area contributed by atoms with Crippen molar-refractivity contribution in [3.8, 4) is 0 Å². The lowest BCUT2D eigenvalue weighted by molar-refractivity contribution is 0.673. The smallest absolute Gasteiger partial charge is 0.0313 e. The van der Waals surface area contributed by atoms with Crippen LogP contribution in [0.3, 0.4) is 0 Å². The molecule has 1 aromatic rings.